The molecule has 0 aliphatic carbocycles. The Hall–Kier alpha value is -2.56. The number of ether oxygens (including phenoxy) is 1. The molecule has 0 fully saturated rings. The average Bonchev–Trinajstić information content (AvgIpc) is 2.64. The number of benzene rings is 1. The van der Waals surface area contributed by atoms with Crippen LogP contribution >= 0.6 is 0 Å². The van der Waals surface area contributed by atoms with Gasteiger partial charge < -0.3 is 14.7 Å². The van der Waals surface area contributed by atoms with Gasteiger partial charge >= 0.3 is 5.97 Å². The van der Waals surface area contributed by atoms with Crippen LogP contribution in [0.5, 0.6) is 5.75 Å². The monoisotopic (exact) mass is 342 g/mol. The Balaban J connectivity index is 1.83. The van der Waals surface area contributed by atoms with Crippen LogP contribution in [0.3, 0.4) is 0 Å². The summed E-state index contributed by atoms with van der Waals surface area (Å²) in [5.74, 6) is 1.00. The van der Waals surface area contributed by atoms with E-state index in [4.69, 9.17) is 9.84 Å². The number of hydrogen-bond acceptors (Lipinski definition) is 4. The summed E-state index contributed by atoms with van der Waals surface area (Å²) in [6.45, 7) is 4.50. The van der Waals surface area contributed by atoms with Gasteiger partial charge in [-0.2, -0.15) is 0 Å². The third-order valence-corrected chi connectivity index (χ3v) is 3.94. The highest BCUT2D eigenvalue weighted by molar-refractivity contribution is 5.67. The Morgan fingerprint density at radius 2 is 1.96 bits per heavy atom. The molecule has 134 valence electrons. The first kappa shape index (κ1) is 18.8. The molecular formula is C20H26N2O3. The van der Waals surface area contributed by atoms with Gasteiger partial charge in [0.15, 0.2) is 0 Å². The van der Waals surface area contributed by atoms with E-state index >= 15 is 0 Å². The van der Waals surface area contributed by atoms with Crippen LogP contribution in [-0.2, 0) is 11.2 Å². The number of carboxylic acids is 1. The van der Waals surface area contributed by atoms with Gasteiger partial charge in [-0.15, -0.1) is 0 Å². The van der Waals surface area contributed by atoms with Crippen molar-refractivity contribution in [1.82, 2.24) is 4.98 Å². The summed E-state index contributed by atoms with van der Waals surface area (Å²) in [5.41, 5.74) is 1.01. The molecule has 0 aliphatic heterocycles. The van der Waals surface area contributed by atoms with E-state index < -0.39 is 5.97 Å². The molecule has 1 aromatic heterocycles. The molecule has 0 amide bonds. The first-order chi connectivity index (χ1) is 12.2. The molecule has 5 nitrogen and oxygen atoms in total. The highest BCUT2D eigenvalue weighted by Crippen LogP contribution is 2.15. The lowest BCUT2D eigenvalue weighted by Gasteiger charge is -2.23. The summed E-state index contributed by atoms with van der Waals surface area (Å²) in [4.78, 5) is 17.3. The lowest BCUT2D eigenvalue weighted by Crippen LogP contribution is -2.30. The van der Waals surface area contributed by atoms with Crippen LogP contribution in [0.1, 0.15) is 31.7 Å². The Labute approximate surface area is 149 Å². The van der Waals surface area contributed by atoms with E-state index in [0.29, 0.717) is 13.0 Å². The number of pyridine rings is 1. The predicted molar refractivity (Wildman–Crippen MR) is 99.3 cm³/mol. The molecule has 0 radical (unpaired) electrons. The minimum absolute atomic E-state index is 0.149. The molecule has 5 heteroatoms. The third kappa shape index (κ3) is 6.83. The van der Waals surface area contributed by atoms with Gasteiger partial charge in [-0.05, 0) is 42.7 Å². The predicted octanol–water partition coefficient (Wildman–Crippen LogP) is 3.78. The molecule has 2 rings (SSSR count). The molecule has 0 bridgehead atoms. The van der Waals surface area contributed by atoms with Crippen LogP contribution in [0.15, 0.2) is 48.7 Å². The first-order valence-electron chi connectivity index (χ1n) is 8.78. The summed E-state index contributed by atoms with van der Waals surface area (Å²) in [5, 5.41) is 8.72. The molecular weight excluding hydrogens is 316 g/mol. The minimum Gasteiger partial charge on any atom is -0.492 e. The molecule has 0 unspecified atom stereocenters. The van der Waals surface area contributed by atoms with Gasteiger partial charge in [-0.1, -0.05) is 31.5 Å². The quantitative estimate of drug-likeness (QED) is 0.673. The van der Waals surface area contributed by atoms with Crippen LogP contribution in [0, 0.1) is 0 Å². The lowest BCUT2D eigenvalue weighted by atomic mass is 10.1. The normalized spacial score (nSPS) is 10.4. The van der Waals surface area contributed by atoms with E-state index in [9.17, 15) is 4.79 Å². The van der Waals surface area contributed by atoms with Gasteiger partial charge in [-0.3, -0.25) is 4.79 Å². The van der Waals surface area contributed by atoms with E-state index in [-0.39, 0.29) is 6.42 Å². The summed E-state index contributed by atoms with van der Waals surface area (Å²) < 4.78 is 5.83. The highest BCUT2D eigenvalue weighted by atomic mass is 16.5. The van der Waals surface area contributed by atoms with Crippen molar-refractivity contribution in [3.8, 4) is 5.75 Å². The number of carbonyl (C=O) groups is 1. The van der Waals surface area contributed by atoms with Crippen molar-refractivity contribution < 1.29 is 14.6 Å². The van der Waals surface area contributed by atoms with Crippen molar-refractivity contribution in [3.63, 3.8) is 0 Å². The van der Waals surface area contributed by atoms with E-state index in [1.807, 2.05) is 48.7 Å². The van der Waals surface area contributed by atoms with Crippen molar-refractivity contribution >= 4 is 11.8 Å². The summed E-state index contributed by atoms with van der Waals surface area (Å²) in [6.07, 6.45) is 4.76. The third-order valence-electron chi connectivity index (χ3n) is 3.94. The number of unbranched alkanes of at least 4 members (excludes halogenated alkanes) is 1. The van der Waals surface area contributed by atoms with Crippen LogP contribution in [0.2, 0.25) is 0 Å². The number of hydrogen-bond donors (Lipinski definition) is 1. The maximum absolute atomic E-state index is 10.6. The molecule has 0 saturated heterocycles. The van der Waals surface area contributed by atoms with Gasteiger partial charge in [0.05, 0.1) is 6.54 Å². The Kier molecular flexibility index (Phi) is 7.76. The van der Waals surface area contributed by atoms with Crippen LogP contribution in [-0.4, -0.2) is 35.8 Å². The number of aliphatic carboxylic acids is 1. The van der Waals surface area contributed by atoms with E-state index in [1.165, 1.54) is 0 Å². The highest BCUT2D eigenvalue weighted by Gasteiger charge is 2.07. The maximum Gasteiger partial charge on any atom is 0.303 e. The summed E-state index contributed by atoms with van der Waals surface area (Å²) in [7, 11) is 0. The van der Waals surface area contributed by atoms with Crippen molar-refractivity contribution in [2.24, 2.45) is 0 Å². The number of aryl methyl sites for hydroxylation is 1. The zero-order chi connectivity index (χ0) is 17.9. The molecule has 1 aromatic carbocycles. The molecule has 25 heavy (non-hydrogen) atoms. The standard InChI is InChI=1S/C20H26N2O3/c1-2-3-14-22(19-6-4-5-13-21-19)15-16-25-18-10-7-17(8-11-18)9-12-20(23)24/h4-8,10-11,13H,2-3,9,12,14-16H2,1H3,(H,23,24). The minimum atomic E-state index is -0.776. The van der Waals surface area contributed by atoms with Crippen molar-refractivity contribution in [3.05, 3.63) is 54.2 Å². The van der Waals surface area contributed by atoms with Gasteiger partial charge in [0.25, 0.3) is 0 Å². The molecule has 1 N–H and O–H groups in total. The Morgan fingerprint density at radius 1 is 1.16 bits per heavy atom. The fourth-order valence-corrected chi connectivity index (χ4v) is 2.51. The molecule has 2 aromatic rings. The zero-order valence-corrected chi connectivity index (χ0v) is 14.7. The molecule has 0 aliphatic rings. The average molecular weight is 342 g/mol. The molecule has 0 spiro atoms. The second-order valence-electron chi connectivity index (χ2n) is 5.91. The van der Waals surface area contributed by atoms with Crippen LogP contribution in [0.4, 0.5) is 5.82 Å². The zero-order valence-electron chi connectivity index (χ0n) is 14.7. The Bertz CT molecular complexity index is 629. The van der Waals surface area contributed by atoms with Crippen molar-refractivity contribution in [2.45, 2.75) is 32.6 Å². The number of rotatable bonds is 11. The van der Waals surface area contributed by atoms with E-state index in [2.05, 4.69) is 16.8 Å². The van der Waals surface area contributed by atoms with Gasteiger partial charge in [0.1, 0.15) is 18.2 Å². The van der Waals surface area contributed by atoms with Crippen LogP contribution in [0.25, 0.3) is 0 Å². The van der Waals surface area contributed by atoms with Crippen LogP contribution < -0.4 is 9.64 Å². The maximum atomic E-state index is 10.6. The van der Waals surface area contributed by atoms with Gasteiger partial charge in [0, 0.05) is 19.2 Å². The second kappa shape index (κ2) is 10.3. The van der Waals surface area contributed by atoms with Crippen molar-refractivity contribution in [1.29, 1.82) is 0 Å². The fourth-order valence-electron chi connectivity index (χ4n) is 2.51. The number of nitrogens with zero attached hydrogens (tertiary/aromatic N) is 2. The molecule has 1 heterocycles. The van der Waals surface area contributed by atoms with E-state index in [0.717, 1.165) is 43.1 Å². The molecule has 0 atom stereocenters. The fraction of sp³-hybridized carbons (Fsp3) is 0.400. The Morgan fingerprint density at radius 3 is 2.60 bits per heavy atom. The number of carboxylic acid groups (broad SMARTS) is 1. The lowest BCUT2D eigenvalue weighted by molar-refractivity contribution is -0.136. The summed E-state index contributed by atoms with van der Waals surface area (Å²) in [6, 6.07) is 13.6. The molecule has 0 saturated carbocycles. The number of aromatic nitrogens is 1. The number of anilines is 1. The smallest absolute Gasteiger partial charge is 0.303 e. The van der Waals surface area contributed by atoms with Gasteiger partial charge in [-0.25, -0.2) is 4.98 Å². The van der Waals surface area contributed by atoms with Gasteiger partial charge in [0.2, 0.25) is 0 Å². The summed E-state index contributed by atoms with van der Waals surface area (Å²) >= 11 is 0. The van der Waals surface area contributed by atoms with E-state index in [1.54, 1.807) is 0 Å². The SMILES string of the molecule is CCCCN(CCOc1ccc(CCC(=O)O)cc1)c1ccccn1. The largest absolute Gasteiger partial charge is 0.492 e. The second-order valence-corrected chi connectivity index (χ2v) is 5.91. The van der Waals surface area contributed by atoms with Crippen molar-refractivity contribution in [2.75, 3.05) is 24.6 Å². The first-order valence-corrected chi connectivity index (χ1v) is 8.78. The topological polar surface area (TPSA) is 62.7 Å².